The molecular formula is C10H18N4O. The van der Waals surface area contributed by atoms with E-state index in [0.29, 0.717) is 30.2 Å². The summed E-state index contributed by atoms with van der Waals surface area (Å²) in [5.74, 6) is 0.972. The Kier molecular flexibility index (Phi) is 3.85. The average Bonchev–Trinajstić information content (AvgIpc) is 2.10. The summed E-state index contributed by atoms with van der Waals surface area (Å²) in [7, 11) is 3.83. The predicted octanol–water partition coefficient (Wildman–Crippen LogP) is 0.366. The van der Waals surface area contributed by atoms with Crippen LogP contribution in [0.25, 0.3) is 0 Å². The van der Waals surface area contributed by atoms with Gasteiger partial charge in [0.2, 0.25) is 0 Å². The molecular weight excluding hydrogens is 192 g/mol. The van der Waals surface area contributed by atoms with Gasteiger partial charge in [-0.1, -0.05) is 13.3 Å². The second-order valence-corrected chi connectivity index (χ2v) is 3.86. The zero-order chi connectivity index (χ0) is 11.4. The van der Waals surface area contributed by atoms with Crippen molar-refractivity contribution in [1.82, 2.24) is 14.9 Å². The zero-order valence-corrected chi connectivity index (χ0v) is 9.50. The molecule has 0 aliphatic heterocycles. The van der Waals surface area contributed by atoms with Crippen LogP contribution in [-0.4, -0.2) is 29.0 Å². The van der Waals surface area contributed by atoms with Gasteiger partial charge in [-0.05, 0) is 20.5 Å². The van der Waals surface area contributed by atoms with Crippen LogP contribution in [0.1, 0.15) is 24.7 Å². The molecule has 0 amide bonds. The Hall–Kier alpha value is -1.36. The molecule has 1 aromatic rings. The minimum atomic E-state index is -0.110. The Balaban J connectivity index is 3.03. The molecule has 0 bridgehead atoms. The van der Waals surface area contributed by atoms with E-state index >= 15 is 0 Å². The van der Waals surface area contributed by atoms with E-state index in [1.54, 1.807) is 0 Å². The molecule has 0 aliphatic rings. The Morgan fingerprint density at radius 3 is 2.60 bits per heavy atom. The van der Waals surface area contributed by atoms with Crippen LogP contribution in [0.5, 0.6) is 0 Å². The van der Waals surface area contributed by atoms with Crippen molar-refractivity contribution in [2.45, 2.75) is 26.3 Å². The van der Waals surface area contributed by atoms with Crippen LogP contribution in [0.15, 0.2) is 4.79 Å². The van der Waals surface area contributed by atoms with Gasteiger partial charge < -0.3 is 15.6 Å². The first kappa shape index (κ1) is 11.7. The van der Waals surface area contributed by atoms with Crippen molar-refractivity contribution in [3.63, 3.8) is 0 Å². The van der Waals surface area contributed by atoms with Gasteiger partial charge in [-0.2, -0.15) is 0 Å². The second kappa shape index (κ2) is 4.93. The number of nitrogens with zero attached hydrogens (tertiary/aromatic N) is 2. The lowest BCUT2D eigenvalue weighted by molar-refractivity contribution is 0.390. The van der Waals surface area contributed by atoms with Crippen molar-refractivity contribution in [3.05, 3.63) is 21.7 Å². The van der Waals surface area contributed by atoms with Crippen molar-refractivity contribution in [2.75, 3.05) is 19.8 Å². The first-order valence-electron chi connectivity index (χ1n) is 5.06. The molecule has 1 rings (SSSR count). The number of anilines is 1. The number of nitrogens with two attached hydrogens (primary N) is 1. The van der Waals surface area contributed by atoms with Gasteiger partial charge in [0, 0.05) is 0 Å². The van der Waals surface area contributed by atoms with Gasteiger partial charge in [0.25, 0.3) is 5.56 Å². The van der Waals surface area contributed by atoms with Crippen molar-refractivity contribution in [2.24, 2.45) is 0 Å². The fourth-order valence-electron chi connectivity index (χ4n) is 1.43. The molecule has 0 unspecified atom stereocenters. The van der Waals surface area contributed by atoms with Crippen LogP contribution in [-0.2, 0) is 13.0 Å². The highest BCUT2D eigenvalue weighted by molar-refractivity contribution is 5.37. The third kappa shape index (κ3) is 3.06. The lowest BCUT2D eigenvalue weighted by Gasteiger charge is -2.10. The van der Waals surface area contributed by atoms with Gasteiger partial charge in [0.1, 0.15) is 11.6 Å². The summed E-state index contributed by atoms with van der Waals surface area (Å²) in [6, 6.07) is 0. The topological polar surface area (TPSA) is 75.0 Å². The highest BCUT2D eigenvalue weighted by Gasteiger charge is 2.08. The molecule has 1 heterocycles. The van der Waals surface area contributed by atoms with Gasteiger partial charge in [-0.25, -0.2) is 4.98 Å². The molecule has 5 nitrogen and oxygen atoms in total. The molecule has 0 atom stereocenters. The third-order valence-electron chi connectivity index (χ3n) is 2.06. The molecule has 0 fully saturated rings. The van der Waals surface area contributed by atoms with Crippen LogP contribution >= 0.6 is 0 Å². The van der Waals surface area contributed by atoms with E-state index < -0.39 is 0 Å². The Morgan fingerprint density at radius 1 is 1.47 bits per heavy atom. The van der Waals surface area contributed by atoms with Crippen LogP contribution in [0, 0.1) is 0 Å². The van der Waals surface area contributed by atoms with E-state index in [1.165, 1.54) is 0 Å². The minimum absolute atomic E-state index is 0.110. The predicted molar refractivity (Wildman–Crippen MR) is 60.7 cm³/mol. The van der Waals surface area contributed by atoms with Crippen molar-refractivity contribution in [1.29, 1.82) is 0 Å². The molecule has 0 spiro atoms. The smallest absolute Gasteiger partial charge is 0.256 e. The summed E-state index contributed by atoms with van der Waals surface area (Å²) in [6.45, 7) is 2.60. The number of nitrogen functional groups attached to an aromatic ring is 1. The van der Waals surface area contributed by atoms with Gasteiger partial charge in [-0.15, -0.1) is 0 Å². The Morgan fingerprint density at radius 2 is 2.13 bits per heavy atom. The number of aromatic amines is 1. The number of rotatable bonds is 4. The lowest BCUT2D eigenvalue weighted by Crippen LogP contribution is -2.23. The van der Waals surface area contributed by atoms with E-state index in [1.807, 2.05) is 25.9 Å². The summed E-state index contributed by atoms with van der Waals surface area (Å²) in [5, 5.41) is 0. The molecule has 5 heteroatoms. The Bertz CT molecular complexity index is 383. The highest BCUT2D eigenvalue weighted by Crippen LogP contribution is 2.05. The zero-order valence-electron chi connectivity index (χ0n) is 9.50. The SMILES string of the molecule is CCCc1c(N)nc(CN(C)C)[nH]c1=O. The fraction of sp³-hybridized carbons (Fsp3) is 0.600. The number of aromatic nitrogens is 2. The van der Waals surface area contributed by atoms with Crippen molar-refractivity contribution >= 4 is 5.82 Å². The minimum Gasteiger partial charge on any atom is -0.383 e. The summed E-state index contributed by atoms with van der Waals surface area (Å²) in [6.07, 6.45) is 1.57. The first-order chi connectivity index (χ1) is 7.04. The van der Waals surface area contributed by atoms with Crippen LogP contribution < -0.4 is 11.3 Å². The third-order valence-corrected chi connectivity index (χ3v) is 2.06. The number of H-pyrrole nitrogens is 1. The van der Waals surface area contributed by atoms with Crippen molar-refractivity contribution in [3.8, 4) is 0 Å². The number of hydrogen-bond acceptors (Lipinski definition) is 4. The van der Waals surface area contributed by atoms with E-state index in [9.17, 15) is 4.79 Å². The van der Waals surface area contributed by atoms with Crippen LogP contribution in [0.3, 0.4) is 0 Å². The Labute approximate surface area is 89.3 Å². The summed E-state index contributed by atoms with van der Waals surface area (Å²) in [5.41, 5.74) is 6.22. The molecule has 0 saturated heterocycles. The van der Waals surface area contributed by atoms with E-state index in [0.717, 1.165) is 6.42 Å². The maximum atomic E-state index is 11.6. The van der Waals surface area contributed by atoms with Gasteiger partial charge in [-0.3, -0.25) is 4.79 Å². The van der Waals surface area contributed by atoms with Crippen LogP contribution in [0.2, 0.25) is 0 Å². The maximum absolute atomic E-state index is 11.6. The molecule has 1 aromatic heterocycles. The monoisotopic (exact) mass is 210 g/mol. The number of nitrogens with one attached hydrogen (secondary N) is 1. The largest absolute Gasteiger partial charge is 0.383 e. The van der Waals surface area contributed by atoms with Crippen molar-refractivity contribution < 1.29 is 0 Å². The molecule has 0 radical (unpaired) electrons. The second-order valence-electron chi connectivity index (χ2n) is 3.86. The summed E-state index contributed by atoms with van der Waals surface area (Å²) >= 11 is 0. The van der Waals surface area contributed by atoms with E-state index in [4.69, 9.17) is 5.73 Å². The number of hydrogen-bond donors (Lipinski definition) is 2. The van der Waals surface area contributed by atoms with Crippen LogP contribution in [0.4, 0.5) is 5.82 Å². The maximum Gasteiger partial charge on any atom is 0.256 e. The van der Waals surface area contributed by atoms with E-state index in [-0.39, 0.29) is 5.56 Å². The lowest BCUT2D eigenvalue weighted by atomic mass is 10.2. The van der Waals surface area contributed by atoms with Gasteiger partial charge in [0.15, 0.2) is 0 Å². The molecule has 0 aromatic carbocycles. The van der Waals surface area contributed by atoms with Gasteiger partial charge in [0.05, 0.1) is 12.1 Å². The molecule has 3 N–H and O–H groups in total. The van der Waals surface area contributed by atoms with Gasteiger partial charge >= 0.3 is 0 Å². The standard InChI is InChI=1S/C10H18N4O/c1-4-5-7-9(11)12-8(6-14(2)3)13-10(7)15/h4-6H2,1-3H3,(H3,11,12,13,15). The first-order valence-corrected chi connectivity index (χ1v) is 5.06. The molecule has 84 valence electrons. The quantitative estimate of drug-likeness (QED) is 0.752. The average molecular weight is 210 g/mol. The molecule has 15 heavy (non-hydrogen) atoms. The normalized spacial score (nSPS) is 10.9. The van der Waals surface area contributed by atoms with E-state index in [2.05, 4.69) is 9.97 Å². The highest BCUT2D eigenvalue weighted by atomic mass is 16.1. The summed E-state index contributed by atoms with van der Waals surface area (Å²) < 4.78 is 0. The molecule has 0 saturated carbocycles. The summed E-state index contributed by atoms with van der Waals surface area (Å²) in [4.78, 5) is 20.5. The molecule has 0 aliphatic carbocycles. The fourth-order valence-corrected chi connectivity index (χ4v) is 1.43.